The summed E-state index contributed by atoms with van der Waals surface area (Å²) in [6, 6.07) is 0. The number of rotatable bonds is 0. The molecule has 0 aliphatic carbocycles. The number of hydrogen-bond donors (Lipinski definition) is 0. The molecule has 8 radical (unpaired) electrons. The molecule has 9 heavy (non-hydrogen) atoms. The van der Waals surface area contributed by atoms with Gasteiger partial charge in [0.2, 0.25) is 0 Å². The summed E-state index contributed by atoms with van der Waals surface area (Å²) in [6.45, 7) is 0. The Bertz CT molecular complexity index is 4.53. The van der Waals surface area contributed by atoms with Crippen molar-refractivity contribution in [3.8, 4) is 0 Å². The Morgan fingerprint density at radius 2 is 0.222 bits per heavy atom. The van der Waals surface area contributed by atoms with Crippen LogP contribution in [-0.4, -0.2) is 0 Å². The van der Waals surface area contributed by atoms with E-state index in [0.29, 0.717) is 0 Å². The normalized spacial score (nSPS) is 0. The molecule has 0 fully saturated rings. The van der Waals surface area contributed by atoms with Gasteiger partial charge in [-0.3, -0.25) is 0 Å². The summed E-state index contributed by atoms with van der Waals surface area (Å²) >= 11 is 0. The summed E-state index contributed by atoms with van der Waals surface area (Å²) in [5.74, 6) is 0. The molecular weight excluding hydrogens is 924 g/mol. The van der Waals surface area contributed by atoms with Gasteiger partial charge in [0.1, 0.15) is 0 Å². The topological polar surface area (TPSA) is 0 Å². The third kappa shape index (κ3) is 58.3. The standard InChI is InChI=1S/8Rh.Ru. The maximum Gasteiger partial charge on any atom is 0 e. The molecule has 0 aromatic carbocycles. The Hall–Kier alpha value is 5.61. The van der Waals surface area contributed by atoms with Crippen molar-refractivity contribution in [2.75, 3.05) is 0 Å². The quantitative estimate of drug-likeness (QED) is 0.301. The van der Waals surface area contributed by atoms with Crippen LogP contribution in [0.1, 0.15) is 0 Å². The van der Waals surface area contributed by atoms with Crippen LogP contribution in [0.15, 0.2) is 0 Å². The van der Waals surface area contributed by atoms with Gasteiger partial charge in [-0.1, -0.05) is 0 Å². The maximum atomic E-state index is 0. The Morgan fingerprint density at radius 3 is 0.222 bits per heavy atom. The molecule has 0 aromatic rings. The van der Waals surface area contributed by atoms with Crippen molar-refractivity contribution in [2.24, 2.45) is 0 Å². The third-order valence-corrected chi connectivity index (χ3v) is 0. The molecular formula is Rh8Ru. The molecule has 0 saturated carbocycles. The average Bonchev–Trinajstić information content (AvgIpc) is 0. The van der Waals surface area contributed by atoms with Crippen LogP contribution >= 0.6 is 0 Å². The van der Waals surface area contributed by atoms with Crippen LogP contribution in [0, 0.1) is 0 Å². The minimum absolute atomic E-state index is 0. The van der Waals surface area contributed by atoms with Gasteiger partial charge in [0.05, 0.1) is 0 Å². The molecule has 0 nitrogen and oxygen atoms in total. The second-order valence-electron chi connectivity index (χ2n) is 0. The summed E-state index contributed by atoms with van der Waals surface area (Å²) in [7, 11) is 0. The van der Waals surface area contributed by atoms with Gasteiger partial charge in [0.25, 0.3) is 0 Å². The predicted molar refractivity (Wildman–Crippen MR) is 0 cm³/mol. The molecule has 0 rings (SSSR count). The van der Waals surface area contributed by atoms with E-state index in [9.17, 15) is 0 Å². The van der Waals surface area contributed by atoms with E-state index in [1.165, 1.54) is 0 Å². The summed E-state index contributed by atoms with van der Waals surface area (Å²) in [5.41, 5.74) is 0. The van der Waals surface area contributed by atoms with E-state index in [1.807, 2.05) is 0 Å². The fraction of sp³-hybridized carbons (Fsp3) is 0. The van der Waals surface area contributed by atoms with Gasteiger partial charge in [0.15, 0.2) is 0 Å². The monoisotopic (exact) mass is 925 g/mol. The molecule has 0 aliphatic rings. The Labute approximate surface area is 171 Å². The van der Waals surface area contributed by atoms with Gasteiger partial charge in [-0.15, -0.1) is 0 Å². The van der Waals surface area contributed by atoms with Crippen molar-refractivity contribution in [3.63, 3.8) is 0 Å². The van der Waals surface area contributed by atoms with E-state index in [1.54, 1.807) is 0 Å². The summed E-state index contributed by atoms with van der Waals surface area (Å²) in [5, 5.41) is 0. The summed E-state index contributed by atoms with van der Waals surface area (Å²) < 4.78 is 0. The van der Waals surface area contributed by atoms with E-state index in [4.69, 9.17) is 0 Å². The molecule has 0 unspecified atom stereocenters. The molecule has 0 heterocycles. The van der Waals surface area contributed by atoms with Crippen LogP contribution in [-0.2, 0) is 175 Å². The first-order valence-corrected chi connectivity index (χ1v) is 0. The molecule has 0 atom stereocenters. The van der Waals surface area contributed by atoms with Gasteiger partial charge in [-0.05, 0) is 0 Å². The van der Waals surface area contributed by atoms with Crippen LogP contribution < -0.4 is 0 Å². The van der Waals surface area contributed by atoms with Gasteiger partial charge in [-0.2, -0.15) is 0 Å². The van der Waals surface area contributed by atoms with Crippen LogP contribution in [0.2, 0.25) is 0 Å². The molecule has 0 amide bonds. The first-order valence-electron chi connectivity index (χ1n) is 0. The molecule has 0 bridgehead atoms. The van der Waals surface area contributed by atoms with Crippen molar-refractivity contribution in [3.05, 3.63) is 0 Å². The molecule has 0 spiro atoms. The van der Waals surface area contributed by atoms with E-state index in [0.717, 1.165) is 0 Å². The minimum atomic E-state index is 0. The first kappa shape index (κ1) is 86.0. The van der Waals surface area contributed by atoms with Crippen molar-refractivity contribution in [1.82, 2.24) is 0 Å². The van der Waals surface area contributed by atoms with Crippen molar-refractivity contribution in [2.45, 2.75) is 0 Å². The van der Waals surface area contributed by atoms with E-state index in [-0.39, 0.29) is 175 Å². The van der Waals surface area contributed by atoms with E-state index in [2.05, 4.69) is 0 Å². The third-order valence-electron chi connectivity index (χ3n) is 0. The van der Waals surface area contributed by atoms with Crippen molar-refractivity contribution < 1.29 is 175 Å². The average molecular weight is 924 g/mol. The van der Waals surface area contributed by atoms with Gasteiger partial charge >= 0.3 is 0 Å². The zero-order valence-corrected chi connectivity index (χ0v) is 17.9. The predicted octanol–water partition coefficient (Wildman–Crippen LogP) is -0.0225. The second kappa shape index (κ2) is 68.8. The minimum Gasteiger partial charge on any atom is 0 e. The van der Waals surface area contributed by atoms with Gasteiger partial charge < -0.3 is 0 Å². The summed E-state index contributed by atoms with van der Waals surface area (Å²) in [4.78, 5) is 0. The van der Waals surface area contributed by atoms with Crippen LogP contribution in [0.25, 0.3) is 0 Å². The fourth-order valence-electron chi connectivity index (χ4n) is 0. The SMILES string of the molecule is [Rh].[Rh].[Rh].[Rh].[Rh].[Rh].[Rh].[Rh].[Ru]. The molecule has 0 aliphatic heterocycles. The van der Waals surface area contributed by atoms with Crippen molar-refractivity contribution in [1.29, 1.82) is 0 Å². The van der Waals surface area contributed by atoms with E-state index < -0.39 is 0 Å². The zero-order chi connectivity index (χ0) is 0. The molecule has 80 valence electrons. The Morgan fingerprint density at radius 1 is 0.222 bits per heavy atom. The van der Waals surface area contributed by atoms with E-state index >= 15 is 0 Å². The Kier molecular flexibility index (Phi) is 657. The fourth-order valence-corrected chi connectivity index (χ4v) is 0. The van der Waals surface area contributed by atoms with Crippen LogP contribution in [0.4, 0.5) is 0 Å². The van der Waals surface area contributed by atoms with Crippen LogP contribution in [0.3, 0.4) is 0 Å². The molecule has 0 N–H and O–H groups in total. The van der Waals surface area contributed by atoms with Gasteiger partial charge in [-0.25, -0.2) is 0 Å². The smallest absolute Gasteiger partial charge is 0 e. The molecule has 0 aromatic heterocycles. The second-order valence-corrected chi connectivity index (χ2v) is 0. The summed E-state index contributed by atoms with van der Waals surface area (Å²) in [6.07, 6.45) is 0. The molecule has 0 saturated heterocycles. The van der Waals surface area contributed by atoms with Crippen molar-refractivity contribution >= 4 is 0 Å². The first-order chi connectivity index (χ1) is 0. The van der Waals surface area contributed by atoms with Gasteiger partial charge in [0, 0.05) is 175 Å². The zero-order valence-electron chi connectivity index (χ0n) is 3.02. The molecule has 9 heteroatoms. The van der Waals surface area contributed by atoms with Crippen LogP contribution in [0.5, 0.6) is 0 Å². The Balaban J connectivity index is 0. The largest absolute Gasteiger partial charge is 0 e. The number of hydrogen-bond acceptors (Lipinski definition) is 0. The maximum absolute atomic E-state index is 0.